The van der Waals surface area contributed by atoms with Crippen molar-refractivity contribution >= 4 is 28.9 Å². The Labute approximate surface area is 154 Å². The number of anilines is 2. The van der Waals surface area contributed by atoms with Gasteiger partial charge in [-0.25, -0.2) is 0 Å². The van der Waals surface area contributed by atoms with Crippen molar-refractivity contribution in [2.24, 2.45) is 0 Å². The molecule has 1 saturated heterocycles. The topological polar surface area (TPSA) is 35.6 Å². The van der Waals surface area contributed by atoms with Crippen LogP contribution in [0, 0.1) is 0 Å². The zero-order valence-corrected chi connectivity index (χ0v) is 15.3. The van der Waals surface area contributed by atoms with Crippen molar-refractivity contribution in [3.63, 3.8) is 0 Å². The smallest absolute Gasteiger partial charge is 0.224 e. The third-order valence-electron chi connectivity index (χ3n) is 4.60. The first-order chi connectivity index (χ1) is 12.1. The average Bonchev–Trinajstić information content (AvgIpc) is 2.62. The summed E-state index contributed by atoms with van der Waals surface area (Å²) in [5.41, 5.74) is 3.05. The van der Waals surface area contributed by atoms with Crippen molar-refractivity contribution in [3.8, 4) is 0 Å². The summed E-state index contributed by atoms with van der Waals surface area (Å²) >= 11 is 6.13. The summed E-state index contributed by atoms with van der Waals surface area (Å²) in [6.45, 7) is 4.25. The van der Waals surface area contributed by atoms with Gasteiger partial charge in [-0.1, -0.05) is 29.8 Å². The summed E-state index contributed by atoms with van der Waals surface area (Å²) in [4.78, 5) is 16.9. The lowest BCUT2D eigenvalue weighted by Crippen LogP contribution is -2.44. The fourth-order valence-electron chi connectivity index (χ4n) is 2.99. The lowest BCUT2D eigenvalue weighted by Gasteiger charge is -2.34. The van der Waals surface area contributed by atoms with Gasteiger partial charge >= 0.3 is 0 Å². The van der Waals surface area contributed by atoms with E-state index in [1.807, 2.05) is 36.4 Å². The Morgan fingerprint density at radius 3 is 2.40 bits per heavy atom. The van der Waals surface area contributed by atoms with Crippen LogP contribution in [0.1, 0.15) is 12.0 Å². The number of aryl methyl sites for hydroxylation is 1. The van der Waals surface area contributed by atoms with Crippen LogP contribution in [-0.2, 0) is 11.2 Å². The summed E-state index contributed by atoms with van der Waals surface area (Å²) in [7, 11) is 2.15. The number of hydrogen-bond acceptors (Lipinski definition) is 3. The van der Waals surface area contributed by atoms with Crippen LogP contribution < -0.4 is 10.2 Å². The Bertz CT molecular complexity index is 709. The molecule has 1 fully saturated rings. The summed E-state index contributed by atoms with van der Waals surface area (Å²) in [5, 5.41) is 3.67. The molecule has 2 aromatic carbocycles. The minimum atomic E-state index is 0.00673. The summed E-state index contributed by atoms with van der Waals surface area (Å²) in [6.07, 6.45) is 1.06. The molecule has 3 rings (SSSR count). The number of rotatable bonds is 5. The maximum Gasteiger partial charge on any atom is 0.224 e. The summed E-state index contributed by atoms with van der Waals surface area (Å²) < 4.78 is 0. The normalized spacial score (nSPS) is 15.2. The molecule has 0 bridgehead atoms. The van der Waals surface area contributed by atoms with Gasteiger partial charge in [0.1, 0.15) is 0 Å². The van der Waals surface area contributed by atoms with E-state index in [-0.39, 0.29) is 5.91 Å². The van der Waals surface area contributed by atoms with E-state index in [0.29, 0.717) is 17.9 Å². The van der Waals surface area contributed by atoms with Crippen LogP contribution in [0.4, 0.5) is 11.4 Å². The molecule has 0 spiro atoms. The van der Waals surface area contributed by atoms with E-state index in [0.717, 1.165) is 37.4 Å². The minimum absolute atomic E-state index is 0.00673. The van der Waals surface area contributed by atoms with Crippen molar-refractivity contribution < 1.29 is 4.79 Å². The monoisotopic (exact) mass is 357 g/mol. The third kappa shape index (κ3) is 4.97. The van der Waals surface area contributed by atoms with Gasteiger partial charge in [0.2, 0.25) is 5.91 Å². The average molecular weight is 358 g/mol. The standard InChI is InChI=1S/C20H24ClN3O/c1-23-12-14-24(15-13-23)18-9-7-17(8-10-18)22-20(25)11-6-16-4-2-3-5-19(16)21/h2-5,7-10H,6,11-15H2,1H3,(H,22,25). The minimum Gasteiger partial charge on any atom is -0.369 e. The summed E-state index contributed by atoms with van der Waals surface area (Å²) in [5.74, 6) is 0.00673. The van der Waals surface area contributed by atoms with Crippen LogP contribution in [0.25, 0.3) is 0 Å². The van der Waals surface area contributed by atoms with Gasteiger partial charge in [-0.05, 0) is 49.4 Å². The van der Waals surface area contributed by atoms with E-state index in [4.69, 9.17) is 11.6 Å². The molecule has 0 saturated carbocycles. The highest BCUT2D eigenvalue weighted by Crippen LogP contribution is 2.20. The molecule has 1 aliphatic heterocycles. The molecule has 0 atom stereocenters. The zero-order chi connectivity index (χ0) is 17.6. The van der Waals surface area contributed by atoms with Crippen LogP contribution in [-0.4, -0.2) is 44.0 Å². The van der Waals surface area contributed by atoms with Gasteiger partial charge in [0, 0.05) is 49.0 Å². The molecule has 1 aliphatic rings. The second-order valence-corrected chi connectivity index (χ2v) is 6.88. The Balaban J connectivity index is 1.51. The molecule has 0 aromatic heterocycles. The number of nitrogens with zero attached hydrogens (tertiary/aromatic N) is 2. The molecule has 132 valence electrons. The fraction of sp³-hybridized carbons (Fsp3) is 0.350. The molecular formula is C20H24ClN3O. The number of hydrogen-bond donors (Lipinski definition) is 1. The van der Waals surface area contributed by atoms with Crippen LogP contribution in [0.5, 0.6) is 0 Å². The second-order valence-electron chi connectivity index (χ2n) is 6.48. The number of piperazine rings is 1. The number of benzene rings is 2. The number of likely N-dealkylation sites (N-methyl/N-ethyl adjacent to an activating group) is 1. The maximum absolute atomic E-state index is 12.1. The highest BCUT2D eigenvalue weighted by molar-refractivity contribution is 6.31. The first-order valence-electron chi connectivity index (χ1n) is 8.68. The predicted molar refractivity (Wildman–Crippen MR) is 105 cm³/mol. The third-order valence-corrected chi connectivity index (χ3v) is 4.97. The lowest BCUT2D eigenvalue weighted by molar-refractivity contribution is -0.116. The van der Waals surface area contributed by atoms with E-state index < -0.39 is 0 Å². The van der Waals surface area contributed by atoms with Gasteiger partial charge in [-0.15, -0.1) is 0 Å². The molecule has 0 unspecified atom stereocenters. The first-order valence-corrected chi connectivity index (χ1v) is 9.06. The molecule has 0 radical (unpaired) electrons. The van der Waals surface area contributed by atoms with Crippen LogP contribution in [0.15, 0.2) is 48.5 Å². The van der Waals surface area contributed by atoms with Crippen molar-refractivity contribution in [3.05, 3.63) is 59.1 Å². The molecule has 2 aromatic rings. The Morgan fingerprint density at radius 2 is 1.72 bits per heavy atom. The molecule has 1 heterocycles. The molecule has 5 heteroatoms. The van der Waals surface area contributed by atoms with Gasteiger partial charge in [0.05, 0.1) is 0 Å². The number of carbonyl (C=O) groups excluding carboxylic acids is 1. The molecule has 1 amide bonds. The Kier molecular flexibility index (Phi) is 5.95. The van der Waals surface area contributed by atoms with Crippen LogP contribution in [0.2, 0.25) is 5.02 Å². The Hall–Kier alpha value is -2.04. The zero-order valence-electron chi connectivity index (χ0n) is 14.5. The van der Waals surface area contributed by atoms with Gasteiger partial charge in [0.25, 0.3) is 0 Å². The maximum atomic E-state index is 12.1. The quantitative estimate of drug-likeness (QED) is 0.887. The largest absolute Gasteiger partial charge is 0.369 e. The van der Waals surface area contributed by atoms with Crippen LogP contribution >= 0.6 is 11.6 Å². The molecular weight excluding hydrogens is 334 g/mol. The number of amides is 1. The lowest BCUT2D eigenvalue weighted by atomic mass is 10.1. The van der Waals surface area contributed by atoms with E-state index in [1.54, 1.807) is 0 Å². The van der Waals surface area contributed by atoms with Crippen molar-refractivity contribution in [2.45, 2.75) is 12.8 Å². The Morgan fingerprint density at radius 1 is 1.04 bits per heavy atom. The second kappa shape index (κ2) is 8.37. The van der Waals surface area contributed by atoms with Gasteiger partial charge in [-0.3, -0.25) is 4.79 Å². The summed E-state index contributed by atoms with van der Waals surface area (Å²) in [6, 6.07) is 15.8. The van der Waals surface area contributed by atoms with E-state index in [1.165, 1.54) is 5.69 Å². The first kappa shape index (κ1) is 17.8. The van der Waals surface area contributed by atoms with E-state index in [9.17, 15) is 4.79 Å². The molecule has 25 heavy (non-hydrogen) atoms. The van der Waals surface area contributed by atoms with Crippen molar-refractivity contribution in [1.82, 2.24) is 4.90 Å². The van der Waals surface area contributed by atoms with Gasteiger partial charge in [-0.2, -0.15) is 0 Å². The van der Waals surface area contributed by atoms with Crippen molar-refractivity contribution in [1.29, 1.82) is 0 Å². The number of carbonyl (C=O) groups is 1. The predicted octanol–water partition coefficient (Wildman–Crippen LogP) is 3.66. The van der Waals surface area contributed by atoms with Gasteiger partial charge < -0.3 is 15.1 Å². The SMILES string of the molecule is CN1CCN(c2ccc(NC(=O)CCc3ccccc3Cl)cc2)CC1. The van der Waals surface area contributed by atoms with E-state index >= 15 is 0 Å². The molecule has 1 N–H and O–H groups in total. The molecule has 0 aliphatic carbocycles. The fourth-order valence-corrected chi connectivity index (χ4v) is 3.22. The number of nitrogens with one attached hydrogen (secondary N) is 1. The van der Waals surface area contributed by atoms with Crippen molar-refractivity contribution in [2.75, 3.05) is 43.4 Å². The van der Waals surface area contributed by atoms with E-state index in [2.05, 4.69) is 34.3 Å². The highest BCUT2D eigenvalue weighted by atomic mass is 35.5. The highest BCUT2D eigenvalue weighted by Gasteiger charge is 2.14. The molecule has 4 nitrogen and oxygen atoms in total. The number of halogens is 1. The van der Waals surface area contributed by atoms with Crippen LogP contribution in [0.3, 0.4) is 0 Å². The van der Waals surface area contributed by atoms with Gasteiger partial charge in [0.15, 0.2) is 0 Å².